The molecule has 0 fully saturated rings. The number of carbonyl (C=O) groups excluding carboxylic acids is 1. The molecule has 0 unspecified atom stereocenters. The zero-order valence-electron chi connectivity index (χ0n) is 11.0. The fourth-order valence-electron chi connectivity index (χ4n) is 0.321. The quantitative estimate of drug-likeness (QED) is 0.601. The van der Waals surface area contributed by atoms with Crippen LogP contribution >= 0.6 is 0 Å². The zero-order valence-corrected chi connectivity index (χ0v) is 12.1. The van der Waals surface area contributed by atoms with E-state index in [1.165, 1.54) is 0 Å². The van der Waals surface area contributed by atoms with E-state index in [9.17, 15) is 20.1 Å². The number of carboxylic acid groups (broad SMARTS) is 1. The molecule has 0 N–H and O–H groups in total. The van der Waals surface area contributed by atoms with E-state index >= 15 is 0 Å². The standard InChI is InChI=1S/C5H10O2.2C3H7O.Al/c1-2-3-4-5(6)7;2*1-3(2)4;/h2-4H2,1H3,(H,6,7);2*3H,1-2H3;/q;2*-1;+3/p-1. The van der Waals surface area contributed by atoms with Crippen molar-refractivity contribution >= 4 is 23.3 Å². The van der Waals surface area contributed by atoms with Gasteiger partial charge in [0.15, 0.2) is 0 Å². The van der Waals surface area contributed by atoms with Crippen molar-refractivity contribution in [2.45, 2.75) is 66.1 Å². The Kier molecular flexibility index (Phi) is 31.7. The first-order valence-electron chi connectivity index (χ1n) is 5.25. The molecule has 0 aliphatic carbocycles. The minimum atomic E-state index is -0.943. The Balaban J connectivity index is -0.0000000700. The van der Waals surface area contributed by atoms with E-state index in [-0.39, 0.29) is 23.8 Å². The number of carbonyl (C=O) groups is 1. The summed E-state index contributed by atoms with van der Waals surface area (Å²) in [6.45, 7) is 8.39. The van der Waals surface area contributed by atoms with Gasteiger partial charge in [-0.25, -0.2) is 0 Å². The van der Waals surface area contributed by atoms with E-state index in [2.05, 4.69) is 0 Å². The smallest absolute Gasteiger partial charge is 0.852 e. The molecule has 0 aliphatic rings. The Morgan fingerprint density at radius 3 is 1.38 bits per heavy atom. The van der Waals surface area contributed by atoms with Crippen molar-refractivity contribution in [3.8, 4) is 0 Å². The summed E-state index contributed by atoms with van der Waals surface area (Å²) in [5.41, 5.74) is 0. The average molecular weight is 246 g/mol. The molecular weight excluding hydrogens is 223 g/mol. The zero-order chi connectivity index (χ0) is 12.9. The molecule has 94 valence electrons. The molecule has 0 saturated carbocycles. The van der Waals surface area contributed by atoms with E-state index in [1.54, 1.807) is 27.7 Å². The fraction of sp³-hybridized carbons (Fsp3) is 0.909. The summed E-state index contributed by atoms with van der Waals surface area (Å²) in [4.78, 5) is 9.65. The maximum atomic E-state index is 9.65. The van der Waals surface area contributed by atoms with Crippen LogP contribution in [0.2, 0.25) is 0 Å². The third kappa shape index (κ3) is 151. The van der Waals surface area contributed by atoms with Gasteiger partial charge in [-0.1, -0.05) is 41.0 Å². The summed E-state index contributed by atoms with van der Waals surface area (Å²) in [5, 5.41) is 28.7. The van der Waals surface area contributed by atoms with Gasteiger partial charge in [-0.3, -0.25) is 0 Å². The average Bonchev–Trinajstić information content (AvgIpc) is 1.98. The van der Waals surface area contributed by atoms with Crippen LogP contribution in [0.1, 0.15) is 53.9 Å². The molecule has 0 aromatic rings. The van der Waals surface area contributed by atoms with Crippen LogP contribution < -0.4 is 15.3 Å². The van der Waals surface area contributed by atoms with E-state index in [1.807, 2.05) is 6.92 Å². The van der Waals surface area contributed by atoms with E-state index < -0.39 is 18.2 Å². The molecule has 0 spiro atoms. The summed E-state index contributed by atoms with van der Waals surface area (Å²) < 4.78 is 0. The third-order valence-electron chi connectivity index (χ3n) is 0.734. The number of carboxylic acids is 1. The van der Waals surface area contributed by atoms with Crippen LogP contribution in [0.5, 0.6) is 0 Å². The summed E-state index contributed by atoms with van der Waals surface area (Å²) in [6, 6.07) is 0. The summed E-state index contributed by atoms with van der Waals surface area (Å²) in [5.74, 6) is -0.943. The third-order valence-corrected chi connectivity index (χ3v) is 0.734. The van der Waals surface area contributed by atoms with Crippen LogP contribution in [-0.4, -0.2) is 35.5 Å². The SMILES string of the molecule is CC(C)[O-].CC(C)[O-].CCCCC(=O)[O-].[Al+3]. The first-order chi connectivity index (χ1) is 6.73. The molecule has 16 heavy (non-hydrogen) atoms. The van der Waals surface area contributed by atoms with Gasteiger partial charge in [-0.2, -0.15) is 0 Å². The molecule has 4 nitrogen and oxygen atoms in total. The molecule has 0 radical (unpaired) electrons. The van der Waals surface area contributed by atoms with Crippen molar-refractivity contribution in [1.82, 2.24) is 0 Å². The summed E-state index contributed by atoms with van der Waals surface area (Å²) in [7, 11) is 0. The molecule has 0 aliphatic heterocycles. The van der Waals surface area contributed by atoms with Gasteiger partial charge in [0.1, 0.15) is 0 Å². The molecule has 0 aromatic carbocycles. The van der Waals surface area contributed by atoms with Gasteiger partial charge < -0.3 is 20.1 Å². The van der Waals surface area contributed by atoms with Gasteiger partial charge in [0.05, 0.1) is 0 Å². The molecule has 0 aromatic heterocycles. The number of hydrogen-bond acceptors (Lipinski definition) is 4. The van der Waals surface area contributed by atoms with Crippen LogP contribution in [-0.2, 0) is 4.79 Å². The first-order valence-corrected chi connectivity index (χ1v) is 5.25. The minimum Gasteiger partial charge on any atom is -0.852 e. The largest absolute Gasteiger partial charge is 3.00 e. The first kappa shape index (κ1) is 24.9. The van der Waals surface area contributed by atoms with Crippen molar-refractivity contribution < 1.29 is 20.1 Å². The Morgan fingerprint density at radius 1 is 1.06 bits per heavy atom. The molecule has 0 saturated heterocycles. The second-order valence-electron chi connectivity index (χ2n) is 3.57. The fourth-order valence-corrected chi connectivity index (χ4v) is 0.321. The molecule has 0 rings (SSSR count). The van der Waals surface area contributed by atoms with Gasteiger partial charge in [0, 0.05) is 5.97 Å². The predicted octanol–water partition coefficient (Wildman–Crippen LogP) is -0.944. The number of aliphatic carboxylic acids is 1. The summed E-state index contributed by atoms with van der Waals surface area (Å²) >= 11 is 0. The van der Waals surface area contributed by atoms with E-state index in [4.69, 9.17) is 0 Å². The summed E-state index contributed by atoms with van der Waals surface area (Å²) in [6.07, 6.45) is 1.03. The second kappa shape index (κ2) is 20.3. The van der Waals surface area contributed by atoms with Crippen LogP contribution in [0.15, 0.2) is 0 Å². The van der Waals surface area contributed by atoms with Crippen LogP contribution in [0, 0.1) is 0 Å². The second-order valence-corrected chi connectivity index (χ2v) is 3.57. The van der Waals surface area contributed by atoms with Gasteiger partial charge in [0.2, 0.25) is 0 Å². The van der Waals surface area contributed by atoms with E-state index in [0.717, 1.165) is 12.8 Å². The Morgan fingerprint density at radius 2 is 1.31 bits per heavy atom. The van der Waals surface area contributed by atoms with Crippen molar-refractivity contribution in [3.63, 3.8) is 0 Å². The molecule has 5 heteroatoms. The van der Waals surface area contributed by atoms with E-state index in [0.29, 0.717) is 0 Å². The van der Waals surface area contributed by atoms with Gasteiger partial charge in [-0.05, 0) is 12.8 Å². The maximum Gasteiger partial charge on any atom is 3.00 e. The maximum absolute atomic E-state index is 9.65. The number of rotatable bonds is 3. The van der Waals surface area contributed by atoms with Crippen molar-refractivity contribution in [1.29, 1.82) is 0 Å². The Labute approximate surface area is 110 Å². The molecule has 0 atom stereocenters. The molecule has 0 amide bonds. The molecule has 0 bridgehead atoms. The van der Waals surface area contributed by atoms with Crippen LogP contribution in [0.25, 0.3) is 0 Å². The van der Waals surface area contributed by atoms with Gasteiger partial charge in [0.25, 0.3) is 0 Å². The monoisotopic (exact) mass is 246 g/mol. The van der Waals surface area contributed by atoms with Crippen molar-refractivity contribution in [3.05, 3.63) is 0 Å². The molecular formula is C11H23AlO4. The van der Waals surface area contributed by atoms with Crippen LogP contribution in [0.4, 0.5) is 0 Å². The number of hydrogen-bond donors (Lipinski definition) is 0. The van der Waals surface area contributed by atoms with Gasteiger partial charge >= 0.3 is 17.4 Å². The van der Waals surface area contributed by atoms with Crippen LogP contribution in [0.3, 0.4) is 0 Å². The predicted molar refractivity (Wildman–Crippen MR) is 60.6 cm³/mol. The molecule has 0 heterocycles. The topological polar surface area (TPSA) is 86.2 Å². The van der Waals surface area contributed by atoms with Crippen molar-refractivity contribution in [2.24, 2.45) is 0 Å². The Bertz CT molecular complexity index is 116. The van der Waals surface area contributed by atoms with Crippen molar-refractivity contribution in [2.75, 3.05) is 0 Å². The van der Waals surface area contributed by atoms with Gasteiger partial charge in [-0.15, -0.1) is 12.2 Å². The number of unbranched alkanes of at least 4 members (excludes halogenated alkanes) is 1. The normalized spacial score (nSPS) is 8.31. The minimum absolute atomic E-state index is 0. The Hall–Kier alpha value is -0.0775.